The predicted octanol–water partition coefficient (Wildman–Crippen LogP) is 0.980. The molecule has 1 unspecified atom stereocenters. The number of carbonyl (C=O) groups excluding carboxylic acids is 2. The SMILES string of the molecule is C=CCOC1=CC(O)OC([C@@H](CCC)NC(=O)[C@]2(N)CSC(C(C)=O)=N2)=C1. The van der Waals surface area contributed by atoms with Crippen LogP contribution in [0.4, 0.5) is 0 Å². The number of Topliss-reactive ketones (excluding diaryl/α,β-unsaturated/α-hetero) is 1. The highest BCUT2D eigenvalue weighted by molar-refractivity contribution is 8.16. The summed E-state index contributed by atoms with van der Waals surface area (Å²) < 4.78 is 10.9. The molecule has 0 radical (unpaired) electrons. The third kappa shape index (κ3) is 5.44. The highest BCUT2D eigenvalue weighted by atomic mass is 32.2. The minimum absolute atomic E-state index is 0.183. The smallest absolute Gasteiger partial charge is 0.264 e. The van der Waals surface area contributed by atoms with E-state index >= 15 is 0 Å². The minimum atomic E-state index is -1.51. The fourth-order valence-corrected chi connectivity index (χ4v) is 3.53. The second-order valence-electron chi connectivity index (χ2n) is 6.22. The molecule has 3 atom stereocenters. The zero-order chi connectivity index (χ0) is 20.0. The maximum Gasteiger partial charge on any atom is 0.264 e. The number of aliphatic imine (C=N–C) groups is 1. The van der Waals surface area contributed by atoms with Crippen molar-refractivity contribution in [2.45, 2.75) is 44.7 Å². The van der Waals surface area contributed by atoms with Crippen LogP contribution >= 0.6 is 11.8 Å². The molecule has 4 N–H and O–H groups in total. The van der Waals surface area contributed by atoms with E-state index in [-0.39, 0.29) is 23.2 Å². The Balaban J connectivity index is 2.16. The van der Waals surface area contributed by atoms with Crippen LogP contribution in [0.25, 0.3) is 0 Å². The lowest BCUT2D eigenvalue weighted by Crippen LogP contribution is -2.56. The molecule has 148 valence electrons. The summed E-state index contributed by atoms with van der Waals surface area (Å²) in [5.74, 6) is 0.245. The highest BCUT2D eigenvalue weighted by Crippen LogP contribution is 2.26. The van der Waals surface area contributed by atoms with Gasteiger partial charge in [-0.15, -0.1) is 0 Å². The Kier molecular flexibility index (Phi) is 7.23. The molecule has 0 bridgehead atoms. The van der Waals surface area contributed by atoms with Gasteiger partial charge < -0.3 is 19.9 Å². The molecule has 2 heterocycles. The van der Waals surface area contributed by atoms with Crippen molar-refractivity contribution < 1.29 is 24.2 Å². The number of thioether (sulfide) groups is 1. The van der Waals surface area contributed by atoms with Crippen LogP contribution < -0.4 is 11.1 Å². The van der Waals surface area contributed by atoms with E-state index in [1.54, 1.807) is 12.2 Å². The van der Waals surface area contributed by atoms with Crippen LogP contribution in [0.2, 0.25) is 0 Å². The predicted molar refractivity (Wildman–Crippen MR) is 104 cm³/mol. The Morgan fingerprint density at radius 3 is 3.00 bits per heavy atom. The number of allylic oxidation sites excluding steroid dienone is 1. The van der Waals surface area contributed by atoms with Gasteiger partial charge in [0, 0.05) is 24.8 Å². The first-order valence-electron chi connectivity index (χ1n) is 8.64. The maximum atomic E-state index is 12.7. The lowest BCUT2D eigenvalue weighted by atomic mass is 10.1. The Bertz CT molecular complexity index is 703. The van der Waals surface area contributed by atoms with E-state index in [2.05, 4.69) is 16.9 Å². The van der Waals surface area contributed by atoms with Gasteiger partial charge in [-0.25, -0.2) is 4.99 Å². The van der Waals surface area contributed by atoms with Crippen molar-refractivity contribution in [2.75, 3.05) is 12.4 Å². The normalized spacial score (nSPS) is 25.5. The molecule has 9 heteroatoms. The molecule has 27 heavy (non-hydrogen) atoms. The lowest BCUT2D eigenvalue weighted by Gasteiger charge is -2.29. The summed E-state index contributed by atoms with van der Waals surface area (Å²) in [6.07, 6.45) is 4.75. The number of ketones is 1. The number of ether oxygens (including phenoxy) is 2. The standard InChI is InChI=1S/C18H25N3O5S/c1-4-6-13(14-8-12(25-7-5-2)9-15(23)26-14)20-17(24)18(19)10-27-16(21-18)11(3)22/h5,8-9,13,15,23H,2,4,6-7,10,19H2,1,3H3,(H,20,24)/t13-,15?,18+/m1/s1. The maximum absolute atomic E-state index is 12.7. The van der Waals surface area contributed by atoms with Crippen LogP contribution in [0.15, 0.2) is 41.3 Å². The fraction of sp³-hybridized carbons (Fsp3) is 0.500. The number of aliphatic hydroxyl groups excluding tert-OH is 1. The number of nitrogens with two attached hydrogens (primary N) is 1. The summed E-state index contributed by atoms with van der Waals surface area (Å²) in [6.45, 7) is 7.20. The van der Waals surface area contributed by atoms with E-state index in [1.165, 1.54) is 13.0 Å². The number of aliphatic hydroxyl groups is 1. The molecular weight excluding hydrogens is 370 g/mol. The van der Waals surface area contributed by atoms with Crippen LogP contribution in [-0.4, -0.2) is 52.2 Å². The molecule has 0 aliphatic carbocycles. The van der Waals surface area contributed by atoms with Crippen LogP contribution in [0.5, 0.6) is 0 Å². The molecule has 2 aliphatic rings. The van der Waals surface area contributed by atoms with E-state index in [9.17, 15) is 14.7 Å². The summed E-state index contributed by atoms with van der Waals surface area (Å²) in [4.78, 5) is 28.3. The first-order valence-corrected chi connectivity index (χ1v) is 9.63. The zero-order valence-corrected chi connectivity index (χ0v) is 16.3. The van der Waals surface area contributed by atoms with Crippen molar-refractivity contribution in [1.29, 1.82) is 0 Å². The number of amides is 1. The molecule has 2 rings (SSSR count). The molecular formula is C18H25N3O5S. The topological polar surface area (TPSA) is 123 Å². The van der Waals surface area contributed by atoms with E-state index in [4.69, 9.17) is 15.2 Å². The number of rotatable bonds is 9. The Morgan fingerprint density at radius 2 is 2.41 bits per heavy atom. The summed E-state index contributed by atoms with van der Waals surface area (Å²) in [5, 5.41) is 13.0. The summed E-state index contributed by atoms with van der Waals surface area (Å²) in [6, 6.07) is -0.518. The monoisotopic (exact) mass is 395 g/mol. The van der Waals surface area contributed by atoms with Crippen LogP contribution in [0.1, 0.15) is 26.7 Å². The quantitative estimate of drug-likeness (QED) is 0.497. The first-order chi connectivity index (χ1) is 12.8. The summed E-state index contributed by atoms with van der Waals surface area (Å²) in [7, 11) is 0. The molecule has 0 spiro atoms. The van der Waals surface area contributed by atoms with Crippen molar-refractivity contribution >= 4 is 28.5 Å². The van der Waals surface area contributed by atoms with Gasteiger partial charge in [-0.1, -0.05) is 37.8 Å². The average Bonchev–Trinajstić information content (AvgIpc) is 3.03. The second-order valence-corrected chi connectivity index (χ2v) is 7.19. The van der Waals surface area contributed by atoms with Gasteiger partial charge in [0.25, 0.3) is 5.91 Å². The van der Waals surface area contributed by atoms with E-state index in [0.717, 1.165) is 18.2 Å². The zero-order valence-electron chi connectivity index (χ0n) is 15.4. The Morgan fingerprint density at radius 1 is 1.67 bits per heavy atom. The van der Waals surface area contributed by atoms with Crippen molar-refractivity contribution in [3.8, 4) is 0 Å². The van der Waals surface area contributed by atoms with Gasteiger partial charge in [0.15, 0.2) is 11.4 Å². The molecule has 8 nitrogen and oxygen atoms in total. The average molecular weight is 395 g/mol. The molecule has 1 amide bonds. The van der Waals surface area contributed by atoms with Gasteiger partial charge in [-0.2, -0.15) is 0 Å². The number of nitrogens with one attached hydrogen (secondary N) is 1. The van der Waals surface area contributed by atoms with Gasteiger partial charge >= 0.3 is 0 Å². The number of hydrogen-bond acceptors (Lipinski definition) is 8. The lowest BCUT2D eigenvalue weighted by molar-refractivity contribution is -0.126. The Hall–Kier alpha value is -2.10. The van der Waals surface area contributed by atoms with Crippen LogP contribution in [-0.2, 0) is 19.1 Å². The molecule has 0 aromatic rings. The number of carbonyl (C=O) groups is 2. The summed E-state index contributed by atoms with van der Waals surface area (Å²) >= 11 is 1.16. The first kappa shape index (κ1) is 21.2. The van der Waals surface area contributed by atoms with E-state index in [1.807, 2.05) is 6.92 Å². The van der Waals surface area contributed by atoms with Gasteiger partial charge in [0.05, 0.1) is 6.04 Å². The number of nitrogens with zero attached hydrogens (tertiary/aromatic N) is 1. The molecule has 0 saturated heterocycles. The number of hydrogen-bond donors (Lipinski definition) is 3. The molecule has 0 saturated carbocycles. The Labute approximate surface area is 162 Å². The van der Waals surface area contributed by atoms with Crippen molar-refractivity contribution in [3.05, 3.63) is 36.3 Å². The van der Waals surface area contributed by atoms with Gasteiger partial charge in [0.2, 0.25) is 6.29 Å². The fourth-order valence-electron chi connectivity index (χ4n) is 2.54. The van der Waals surface area contributed by atoms with Crippen molar-refractivity contribution in [1.82, 2.24) is 5.32 Å². The highest BCUT2D eigenvalue weighted by Gasteiger charge is 2.41. The minimum Gasteiger partial charge on any atom is -0.490 e. The molecule has 0 aromatic carbocycles. The van der Waals surface area contributed by atoms with Crippen molar-refractivity contribution in [2.24, 2.45) is 10.7 Å². The second kappa shape index (κ2) is 9.20. The molecule has 0 fully saturated rings. The third-order valence-corrected chi connectivity index (χ3v) is 5.10. The van der Waals surface area contributed by atoms with Crippen LogP contribution in [0.3, 0.4) is 0 Å². The van der Waals surface area contributed by atoms with Gasteiger partial charge in [-0.05, 0) is 6.42 Å². The largest absolute Gasteiger partial charge is 0.490 e. The summed E-state index contributed by atoms with van der Waals surface area (Å²) in [5.41, 5.74) is 4.59. The van der Waals surface area contributed by atoms with Crippen LogP contribution in [0, 0.1) is 0 Å². The van der Waals surface area contributed by atoms with Gasteiger partial charge in [-0.3, -0.25) is 15.3 Å². The van der Waals surface area contributed by atoms with Crippen molar-refractivity contribution in [3.63, 3.8) is 0 Å². The third-order valence-electron chi connectivity index (χ3n) is 3.87. The van der Waals surface area contributed by atoms with E-state index < -0.39 is 23.9 Å². The van der Waals surface area contributed by atoms with E-state index in [0.29, 0.717) is 17.9 Å². The van der Waals surface area contributed by atoms with Gasteiger partial charge in [0.1, 0.15) is 23.2 Å². The molecule has 2 aliphatic heterocycles. The molecule has 0 aromatic heterocycles.